The van der Waals surface area contributed by atoms with Crippen molar-refractivity contribution in [1.29, 1.82) is 0 Å². The van der Waals surface area contributed by atoms with Gasteiger partial charge in [-0.15, -0.1) is 0 Å². The van der Waals surface area contributed by atoms with Gasteiger partial charge in [0.15, 0.2) is 5.17 Å². The third-order valence-electron chi connectivity index (χ3n) is 4.51. The number of anilines is 1. The van der Waals surface area contributed by atoms with Crippen molar-refractivity contribution in [3.8, 4) is 0 Å². The van der Waals surface area contributed by atoms with Crippen LogP contribution in [-0.4, -0.2) is 44.8 Å². The Kier molecular flexibility index (Phi) is 6.79. The van der Waals surface area contributed by atoms with Crippen LogP contribution in [0.15, 0.2) is 47.5 Å². The lowest BCUT2D eigenvalue weighted by Crippen LogP contribution is -2.45. The van der Waals surface area contributed by atoms with Gasteiger partial charge in [-0.25, -0.2) is 9.79 Å². The molecule has 2 N–H and O–H groups in total. The molecule has 30 heavy (non-hydrogen) atoms. The average molecular weight is 446 g/mol. The first-order valence-corrected chi connectivity index (χ1v) is 10.5. The zero-order chi connectivity index (χ0) is 21.8. The predicted molar refractivity (Wildman–Crippen MR) is 119 cm³/mol. The zero-order valence-corrected chi connectivity index (χ0v) is 18.0. The highest BCUT2D eigenvalue weighted by atomic mass is 35.5. The lowest BCUT2D eigenvalue weighted by atomic mass is 10.2. The summed E-state index contributed by atoms with van der Waals surface area (Å²) < 4.78 is 0. The number of aromatic carboxylic acids is 1. The summed E-state index contributed by atoms with van der Waals surface area (Å²) in [6.45, 7) is 4.16. The van der Waals surface area contributed by atoms with E-state index in [1.54, 1.807) is 24.3 Å². The van der Waals surface area contributed by atoms with E-state index in [0.717, 1.165) is 5.56 Å². The number of hydrogen-bond donors (Lipinski definition) is 2. The summed E-state index contributed by atoms with van der Waals surface area (Å²) in [5, 5.41) is 12.1. The molecule has 2 amide bonds. The summed E-state index contributed by atoms with van der Waals surface area (Å²) in [6, 6.07) is 11.3. The molecule has 2 aromatic rings. The van der Waals surface area contributed by atoms with Gasteiger partial charge in [-0.1, -0.05) is 35.5 Å². The monoisotopic (exact) mass is 445 g/mol. The van der Waals surface area contributed by atoms with Crippen LogP contribution in [0.1, 0.15) is 29.3 Å². The minimum absolute atomic E-state index is 0.0244. The van der Waals surface area contributed by atoms with E-state index in [-0.39, 0.29) is 23.8 Å². The third kappa shape index (κ3) is 5.01. The van der Waals surface area contributed by atoms with Gasteiger partial charge in [0.2, 0.25) is 11.8 Å². The molecule has 0 aliphatic carbocycles. The van der Waals surface area contributed by atoms with E-state index >= 15 is 0 Å². The molecule has 9 heteroatoms. The Bertz CT molecular complexity index is 1040. The average Bonchev–Trinajstić information content (AvgIpc) is 2.70. The fraction of sp³-hybridized carbons (Fsp3) is 0.238. The topological polar surface area (TPSA) is 99.1 Å². The molecule has 3 rings (SSSR count). The van der Waals surface area contributed by atoms with Crippen molar-refractivity contribution in [2.75, 3.05) is 11.9 Å². The number of aliphatic imine (C=N–C) groups is 1. The van der Waals surface area contributed by atoms with Gasteiger partial charge in [0.1, 0.15) is 5.25 Å². The number of carbonyl (C=O) groups excluding carboxylic acids is 2. The Morgan fingerprint density at radius 2 is 2.07 bits per heavy atom. The Labute approximate surface area is 183 Å². The zero-order valence-electron chi connectivity index (χ0n) is 16.4. The van der Waals surface area contributed by atoms with Crippen LogP contribution in [0.5, 0.6) is 0 Å². The van der Waals surface area contributed by atoms with Gasteiger partial charge in [-0.05, 0) is 49.7 Å². The molecule has 1 saturated heterocycles. The fourth-order valence-corrected chi connectivity index (χ4v) is 4.20. The molecule has 1 atom stereocenters. The number of amidine groups is 1. The van der Waals surface area contributed by atoms with E-state index in [1.807, 2.05) is 19.9 Å². The van der Waals surface area contributed by atoms with Gasteiger partial charge in [0, 0.05) is 23.7 Å². The molecule has 1 fully saturated rings. The smallest absolute Gasteiger partial charge is 0.335 e. The van der Waals surface area contributed by atoms with Crippen LogP contribution >= 0.6 is 23.4 Å². The molecule has 1 aliphatic heterocycles. The van der Waals surface area contributed by atoms with Gasteiger partial charge < -0.3 is 10.4 Å². The van der Waals surface area contributed by atoms with E-state index in [4.69, 9.17) is 16.7 Å². The molecule has 0 radical (unpaired) electrons. The first-order valence-electron chi connectivity index (χ1n) is 9.24. The fourth-order valence-electron chi connectivity index (χ4n) is 2.87. The lowest BCUT2D eigenvalue weighted by molar-refractivity contribution is -0.129. The van der Waals surface area contributed by atoms with Crippen molar-refractivity contribution < 1.29 is 19.5 Å². The molecule has 156 valence electrons. The summed E-state index contributed by atoms with van der Waals surface area (Å²) in [5.74, 6) is -1.67. The Morgan fingerprint density at radius 1 is 1.30 bits per heavy atom. The normalized spacial score (nSPS) is 17.8. The van der Waals surface area contributed by atoms with Crippen LogP contribution in [0.25, 0.3) is 0 Å². The summed E-state index contributed by atoms with van der Waals surface area (Å²) in [5.41, 5.74) is 1.93. The minimum atomic E-state index is -1.09. The number of hydrogen-bond acceptors (Lipinski definition) is 5. The van der Waals surface area contributed by atoms with Crippen molar-refractivity contribution in [2.24, 2.45) is 4.99 Å². The van der Waals surface area contributed by atoms with Gasteiger partial charge in [0.05, 0.1) is 11.3 Å². The number of amides is 2. The molecule has 0 spiro atoms. The van der Waals surface area contributed by atoms with E-state index in [1.165, 1.54) is 28.8 Å². The van der Waals surface area contributed by atoms with Crippen molar-refractivity contribution >= 4 is 57.7 Å². The molecule has 0 aromatic heterocycles. The number of halogens is 1. The van der Waals surface area contributed by atoms with Crippen molar-refractivity contribution in [1.82, 2.24) is 4.90 Å². The highest BCUT2D eigenvalue weighted by Crippen LogP contribution is 2.31. The molecule has 2 aromatic carbocycles. The summed E-state index contributed by atoms with van der Waals surface area (Å²) in [7, 11) is 0. The lowest BCUT2D eigenvalue weighted by Gasteiger charge is -2.31. The molecule has 0 bridgehead atoms. The highest BCUT2D eigenvalue weighted by molar-refractivity contribution is 8.15. The number of nitrogens with zero attached hydrogens (tertiary/aromatic N) is 2. The van der Waals surface area contributed by atoms with E-state index in [2.05, 4.69) is 10.3 Å². The molecular formula is C21H20ClN3O4S. The van der Waals surface area contributed by atoms with Gasteiger partial charge in [-0.2, -0.15) is 0 Å². The number of carboxylic acid groups (broad SMARTS) is 1. The van der Waals surface area contributed by atoms with Crippen LogP contribution in [0, 0.1) is 6.92 Å². The maximum absolute atomic E-state index is 12.8. The van der Waals surface area contributed by atoms with Crippen LogP contribution in [0.4, 0.5) is 11.4 Å². The summed E-state index contributed by atoms with van der Waals surface area (Å²) >= 11 is 7.37. The molecule has 1 heterocycles. The highest BCUT2D eigenvalue weighted by Gasteiger charge is 2.35. The number of aryl methyl sites for hydroxylation is 1. The van der Waals surface area contributed by atoms with E-state index < -0.39 is 11.2 Å². The number of rotatable bonds is 5. The molecule has 7 nitrogen and oxygen atoms in total. The molecule has 1 aliphatic rings. The first-order chi connectivity index (χ1) is 14.3. The Balaban J connectivity index is 1.82. The summed E-state index contributed by atoms with van der Waals surface area (Å²) in [6.07, 6.45) is 0.0244. The Hall–Kier alpha value is -2.84. The van der Waals surface area contributed by atoms with Crippen LogP contribution in [0.2, 0.25) is 5.02 Å². The number of carbonyl (C=O) groups is 3. The predicted octanol–water partition coefficient (Wildman–Crippen LogP) is 4.33. The third-order valence-corrected chi connectivity index (χ3v) is 6.10. The minimum Gasteiger partial charge on any atom is -0.478 e. The van der Waals surface area contributed by atoms with Gasteiger partial charge in [-0.3, -0.25) is 14.5 Å². The molecular weight excluding hydrogens is 426 g/mol. The number of carboxylic acids is 1. The van der Waals surface area contributed by atoms with Crippen LogP contribution in [-0.2, 0) is 9.59 Å². The second-order valence-electron chi connectivity index (χ2n) is 6.65. The number of nitrogens with one attached hydrogen (secondary N) is 1. The van der Waals surface area contributed by atoms with Crippen molar-refractivity contribution in [2.45, 2.75) is 25.5 Å². The quantitative estimate of drug-likeness (QED) is 0.713. The maximum atomic E-state index is 12.8. The SMILES string of the molecule is CCN1C(=O)CC(C(=O)Nc2cccc(C(=O)O)c2)SC1=Nc1ccc(C)c(Cl)c1. The van der Waals surface area contributed by atoms with E-state index in [9.17, 15) is 14.4 Å². The molecule has 0 saturated carbocycles. The number of thioether (sulfide) groups is 1. The largest absolute Gasteiger partial charge is 0.478 e. The molecule has 1 unspecified atom stereocenters. The second-order valence-corrected chi connectivity index (χ2v) is 8.23. The second kappa shape index (κ2) is 9.32. The van der Waals surface area contributed by atoms with Gasteiger partial charge >= 0.3 is 5.97 Å². The summed E-state index contributed by atoms with van der Waals surface area (Å²) in [4.78, 5) is 42.6. The standard InChI is InChI=1S/C21H20ClN3O4S/c1-3-25-18(26)11-17(19(27)23-14-6-4-5-13(9-14)20(28)29)30-21(25)24-15-8-7-12(2)16(22)10-15/h4-10,17H,3,11H2,1-2H3,(H,23,27)(H,28,29). The maximum Gasteiger partial charge on any atom is 0.335 e. The first kappa shape index (κ1) is 21.9. The van der Waals surface area contributed by atoms with Crippen molar-refractivity contribution in [3.05, 3.63) is 58.6 Å². The van der Waals surface area contributed by atoms with Crippen molar-refractivity contribution in [3.63, 3.8) is 0 Å². The van der Waals surface area contributed by atoms with E-state index in [0.29, 0.717) is 28.1 Å². The van der Waals surface area contributed by atoms with Gasteiger partial charge in [0.25, 0.3) is 0 Å². The van der Waals surface area contributed by atoms with Crippen LogP contribution in [0.3, 0.4) is 0 Å². The Morgan fingerprint density at radius 3 is 2.73 bits per heavy atom. The van der Waals surface area contributed by atoms with Crippen LogP contribution < -0.4 is 5.32 Å². The number of benzene rings is 2.